The van der Waals surface area contributed by atoms with Crippen molar-refractivity contribution in [2.45, 2.75) is 31.3 Å². The van der Waals surface area contributed by atoms with E-state index in [0.29, 0.717) is 41.4 Å². The third-order valence-electron chi connectivity index (χ3n) is 6.93. The van der Waals surface area contributed by atoms with E-state index in [2.05, 4.69) is 25.5 Å². The van der Waals surface area contributed by atoms with Crippen LogP contribution in [0.5, 0.6) is 0 Å². The molecule has 6 rings (SSSR count). The second-order valence-electron chi connectivity index (χ2n) is 8.98. The molecule has 0 saturated carbocycles. The molecule has 4 aliphatic heterocycles. The van der Waals surface area contributed by atoms with Crippen molar-refractivity contribution >= 4 is 35.1 Å². The number of carbonyl (C=O) groups is 1. The number of hydrogen-bond donors (Lipinski definition) is 2. The van der Waals surface area contributed by atoms with Crippen LogP contribution in [-0.2, 0) is 4.79 Å². The number of aliphatic hydroxyl groups excluding tert-OH is 1. The zero-order chi connectivity index (χ0) is 26.6. The molecule has 0 aliphatic carbocycles. The van der Waals surface area contributed by atoms with Gasteiger partial charge in [-0.3, -0.25) is 10.0 Å². The number of amides is 1. The average Bonchev–Trinajstić information content (AvgIpc) is 3.67. The van der Waals surface area contributed by atoms with Gasteiger partial charge in [0.15, 0.2) is 17.5 Å². The predicted molar refractivity (Wildman–Crippen MR) is 131 cm³/mol. The summed E-state index contributed by atoms with van der Waals surface area (Å²) < 4.78 is 31.4. The smallest absolute Gasteiger partial charge is 0.247 e. The maximum Gasteiger partial charge on any atom is 0.247 e. The Balaban J connectivity index is 1.32. The van der Waals surface area contributed by atoms with Gasteiger partial charge in [0.2, 0.25) is 5.91 Å². The number of nitrogens with zero attached hydrogens (tertiary/aromatic N) is 8. The van der Waals surface area contributed by atoms with E-state index in [9.17, 15) is 19.5 Å². The van der Waals surface area contributed by atoms with Crippen LogP contribution in [0.1, 0.15) is 24.8 Å². The van der Waals surface area contributed by atoms with Crippen molar-refractivity contribution in [1.82, 2.24) is 30.2 Å². The fourth-order valence-electron chi connectivity index (χ4n) is 5.19. The number of aliphatic imine (C=N–C) groups is 2. The summed E-state index contributed by atoms with van der Waals surface area (Å²) in [6.45, 7) is -0.708. The summed E-state index contributed by atoms with van der Waals surface area (Å²) in [5, 5.41) is 30.5. The summed E-state index contributed by atoms with van der Waals surface area (Å²) in [4.78, 5) is 23.8. The first-order chi connectivity index (χ1) is 18.4. The fraction of sp³-hybridized carbons (Fsp3) is 0.250. The second-order valence-corrected chi connectivity index (χ2v) is 9.39. The van der Waals surface area contributed by atoms with Crippen LogP contribution >= 0.6 is 11.6 Å². The number of tetrazole rings is 1. The number of aromatic nitrogens is 4. The van der Waals surface area contributed by atoms with E-state index in [1.807, 2.05) is 0 Å². The molecule has 1 amide bonds. The topological polar surface area (TPSA) is 132 Å². The first-order valence-electron chi connectivity index (χ1n) is 11.6. The van der Waals surface area contributed by atoms with Gasteiger partial charge in [-0.05, 0) is 53.5 Å². The number of aliphatic hydroxyl groups is 1. The zero-order valence-corrected chi connectivity index (χ0v) is 20.3. The summed E-state index contributed by atoms with van der Waals surface area (Å²) in [7, 11) is 0. The molecule has 1 fully saturated rings. The molecule has 2 N–H and O–H groups in total. The fourth-order valence-corrected chi connectivity index (χ4v) is 5.35. The lowest BCUT2D eigenvalue weighted by atomic mass is 9.92. The molecule has 1 aromatic carbocycles. The maximum absolute atomic E-state index is 15.3. The largest absolute Gasteiger partial charge is 0.390 e. The Kier molecular flexibility index (Phi) is 5.97. The van der Waals surface area contributed by atoms with Gasteiger partial charge in [-0.25, -0.2) is 23.8 Å². The van der Waals surface area contributed by atoms with Crippen LogP contribution in [0.4, 0.5) is 8.78 Å². The standard InChI is InChI=1S/C24H19ClF2N8O3/c25-15-2-4-17(33-11-29-31-32-33)21(23(15)27)12-7-13-1-3-18(35(13)20(37)8-12)24-28-9-16(30-24)14-5-6-34(38)19(10-36)22(14)26/h2,4-6,8-9,11,13,18,36,38H,1,3,7,10H2. The molecule has 1 saturated heterocycles. The van der Waals surface area contributed by atoms with Crippen molar-refractivity contribution in [1.29, 1.82) is 0 Å². The van der Waals surface area contributed by atoms with E-state index in [0.717, 1.165) is 0 Å². The Morgan fingerprint density at radius 3 is 2.82 bits per heavy atom. The second kappa shape index (κ2) is 9.35. The normalized spacial score (nSPS) is 24.9. The number of fused-ring (bicyclic) bond motifs is 1. The molecule has 4 aliphatic rings. The maximum atomic E-state index is 15.3. The van der Waals surface area contributed by atoms with Gasteiger partial charge in [0.25, 0.3) is 0 Å². The highest BCUT2D eigenvalue weighted by atomic mass is 35.5. The monoisotopic (exact) mass is 540 g/mol. The Labute approximate surface area is 219 Å². The number of amidine groups is 1. The zero-order valence-electron chi connectivity index (χ0n) is 19.5. The van der Waals surface area contributed by atoms with Gasteiger partial charge in [0.05, 0.1) is 35.3 Å². The summed E-state index contributed by atoms with van der Waals surface area (Å²) >= 11 is 6.08. The van der Waals surface area contributed by atoms with Gasteiger partial charge in [-0.1, -0.05) is 11.6 Å². The first kappa shape index (κ1) is 24.3. The number of benzene rings is 1. The molecule has 2 atom stereocenters. The Morgan fingerprint density at radius 2 is 2.05 bits per heavy atom. The highest BCUT2D eigenvalue weighted by Gasteiger charge is 2.43. The minimum atomic E-state index is -0.822. The lowest BCUT2D eigenvalue weighted by Crippen LogP contribution is -2.45. The molecule has 5 heterocycles. The molecule has 2 aromatic rings. The molecule has 0 radical (unpaired) electrons. The van der Waals surface area contributed by atoms with E-state index in [1.165, 1.54) is 41.6 Å². The minimum Gasteiger partial charge on any atom is -0.390 e. The number of hydrogen-bond acceptors (Lipinski definition) is 9. The molecule has 0 bridgehead atoms. The van der Waals surface area contributed by atoms with Crippen LogP contribution in [0.15, 0.2) is 69.6 Å². The van der Waals surface area contributed by atoms with Crippen molar-refractivity contribution in [2.24, 2.45) is 9.98 Å². The highest BCUT2D eigenvalue weighted by molar-refractivity contribution is 6.31. The van der Waals surface area contributed by atoms with Gasteiger partial charge in [0, 0.05) is 29.5 Å². The Bertz CT molecular complexity index is 1530. The van der Waals surface area contributed by atoms with Crippen molar-refractivity contribution in [3.63, 3.8) is 0 Å². The van der Waals surface area contributed by atoms with Gasteiger partial charge in [-0.15, -0.1) is 5.10 Å². The van der Waals surface area contributed by atoms with E-state index < -0.39 is 24.3 Å². The molecule has 0 spiro atoms. The van der Waals surface area contributed by atoms with Crippen LogP contribution in [0, 0.1) is 5.82 Å². The summed E-state index contributed by atoms with van der Waals surface area (Å²) in [6.07, 6.45) is 8.18. The molecule has 2 unspecified atom stereocenters. The quantitative estimate of drug-likeness (QED) is 0.609. The van der Waals surface area contributed by atoms with Crippen LogP contribution < -0.4 is 0 Å². The molecular weight excluding hydrogens is 522 g/mol. The highest BCUT2D eigenvalue weighted by Crippen LogP contribution is 2.41. The number of allylic oxidation sites excluding steroid dienone is 4. The van der Waals surface area contributed by atoms with E-state index >= 15 is 4.39 Å². The van der Waals surface area contributed by atoms with Gasteiger partial charge < -0.3 is 10.0 Å². The predicted octanol–water partition coefficient (Wildman–Crippen LogP) is 2.73. The van der Waals surface area contributed by atoms with Crippen LogP contribution in [-0.4, -0.2) is 77.1 Å². The Hall–Kier alpha value is -4.07. The van der Waals surface area contributed by atoms with Crippen LogP contribution in [0.2, 0.25) is 5.02 Å². The van der Waals surface area contributed by atoms with E-state index in [1.54, 1.807) is 11.0 Å². The molecule has 1 aromatic heterocycles. The average molecular weight is 541 g/mol. The summed E-state index contributed by atoms with van der Waals surface area (Å²) in [5.41, 5.74) is 0.959. The lowest BCUT2D eigenvalue weighted by molar-refractivity contribution is -0.128. The molecule has 14 heteroatoms. The van der Waals surface area contributed by atoms with E-state index in [4.69, 9.17) is 11.6 Å². The Morgan fingerprint density at radius 1 is 1.21 bits per heavy atom. The minimum absolute atomic E-state index is 0.0614. The third-order valence-corrected chi connectivity index (χ3v) is 7.22. The third kappa shape index (κ3) is 3.86. The molecule has 38 heavy (non-hydrogen) atoms. The summed E-state index contributed by atoms with van der Waals surface area (Å²) in [5.74, 6) is -1.47. The van der Waals surface area contributed by atoms with Crippen molar-refractivity contribution in [3.05, 3.63) is 76.0 Å². The number of carbonyl (C=O) groups excluding carboxylic acids is 1. The van der Waals surface area contributed by atoms with E-state index in [-0.39, 0.29) is 39.5 Å². The molecular formula is C24H19ClF2N8O3. The van der Waals surface area contributed by atoms with Gasteiger partial charge in [-0.2, -0.15) is 4.68 Å². The first-order valence-corrected chi connectivity index (χ1v) is 12.0. The van der Waals surface area contributed by atoms with Crippen molar-refractivity contribution in [3.8, 4) is 5.69 Å². The molecule has 11 nitrogen and oxygen atoms in total. The van der Waals surface area contributed by atoms with Crippen LogP contribution in [0.3, 0.4) is 0 Å². The van der Waals surface area contributed by atoms with Crippen molar-refractivity contribution in [2.75, 3.05) is 6.61 Å². The lowest BCUT2D eigenvalue weighted by Gasteiger charge is -2.33. The van der Waals surface area contributed by atoms with Crippen LogP contribution in [0.25, 0.3) is 11.3 Å². The number of rotatable bonds is 4. The van der Waals surface area contributed by atoms with Gasteiger partial charge in [0.1, 0.15) is 12.0 Å². The van der Waals surface area contributed by atoms with Crippen molar-refractivity contribution < 1.29 is 23.9 Å². The summed E-state index contributed by atoms with van der Waals surface area (Å²) in [6, 6.07) is 2.31. The van der Waals surface area contributed by atoms with Gasteiger partial charge >= 0.3 is 0 Å². The SMILES string of the molecule is O=C1C=C(c2c(-n3cnnn3)ccc(Cl)c2F)CC2CCC(C3=NC(=C4C=CN(O)C(CO)=C4F)C=N3)N12. The number of hydroxylamine groups is 2. The number of halogens is 3. The molecule has 194 valence electrons.